The van der Waals surface area contributed by atoms with Gasteiger partial charge in [0.25, 0.3) is 5.91 Å². The van der Waals surface area contributed by atoms with Gasteiger partial charge in [-0.05, 0) is 50.6 Å². The third-order valence-corrected chi connectivity index (χ3v) is 4.77. The maximum atomic E-state index is 12.3. The zero-order valence-electron chi connectivity index (χ0n) is 17.2. The van der Waals surface area contributed by atoms with E-state index in [1.165, 1.54) is 7.11 Å². The molecule has 1 aromatic carbocycles. The number of rotatable bonds is 11. The maximum absolute atomic E-state index is 12.3. The summed E-state index contributed by atoms with van der Waals surface area (Å²) in [5.74, 6) is -0.456. The number of carbonyl (C=O) groups is 2. The van der Waals surface area contributed by atoms with Crippen molar-refractivity contribution in [3.05, 3.63) is 28.8 Å². The summed E-state index contributed by atoms with van der Waals surface area (Å²) in [4.78, 5) is 23.7. The maximum Gasteiger partial charge on any atom is 0.305 e. The lowest BCUT2D eigenvalue weighted by Crippen LogP contribution is -2.43. The lowest BCUT2D eigenvalue weighted by molar-refractivity contribution is -0.141. The number of hydrogen-bond acceptors (Lipinski definition) is 7. The lowest BCUT2D eigenvalue weighted by Gasteiger charge is -2.27. The quantitative estimate of drug-likeness (QED) is 0.413. The third kappa shape index (κ3) is 7.10. The van der Waals surface area contributed by atoms with Gasteiger partial charge in [0.15, 0.2) is 0 Å². The number of hydrogen-bond donors (Lipinski definition) is 4. The van der Waals surface area contributed by atoms with Crippen molar-refractivity contribution in [1.29, 1.82) is 0 Å². The SMILES string of the molecule is CNC(CCC(=O)OC)C(CC(O)CNC(=O)c1cc(C)c(O)c(C)c1)OC. The number of benzene rings is 1. The number of aromatic hydroxyl groups is 1. The molecule has 0 heterocycles. The Morgan fingerprint density at radius 1 is 1.18 bits per heavy atom. The Balaban J connectivity index is 2.60. The second kappa shape index (κ2) is 11.6. The van der Waals surface area contributed by atoms with E-state index in [4.69, 9.17) is 4.74 Å². The zero-order valence-corrected chi connectivity index (χ0v) is 17.2. The summed E-state index contributed by atoms with van der Waals surface area (Å²) < 4.78 is 10.1. The molecule has 0 aliphatic carbocycles. The number of phenolic OH excluding ortho intramolecular Hbond substituents is 1. The first-order chi connectivity index (χ1) is 13.2. The van der Waals surface area contributed by atoms with Crippen molar-refractivity contribution >= 4 is 11.9 Å². The van der Waals surface area contributed by atoms with Crippen LogP contribution in [0.5, 0.6) is 5.75 Å². The number of aryl methyl sites for hydroxylation is 2. The van der Waals surface area contributed by atoms with E-state index in [1.54, 1.807) is 40.1 Å². The first-order valence-corrected chi connectivity index (χ1v) is 9.26. The van der Waals surface area contributed by atoms with Crippen LogP contribution in [0.15, 0.2) is 12.1 Å². The number of aliphatic hydroxyl groups is 1. The minimum absolute atomic E-state index is 0.0606. The van der Waals surface area contributed by atoms with Crippen LogP contribution in [-0.4, -0.2) is 68.2 Å². The average molecular weight is 396 g/mol. The van der Waals surface area contributed by atoms with E-state index in [9.17, 15) is 19.8 Å². The van der Waals surface area contributed by atoms with Gasteiger partial charge in [-0.3, -0.25) is 9.59 Å². The molecule has 0 aromatic heterocycles. The molecule has 0 saturated carbocycles. The topological polar surface area (TPSA) is 117 Å². The van der Waals surface area contributed by atoms with Crippen LogP contribution in [0, 0.1) is 13.8 Å². The molecule has 8 nitrogen and oxygen atoms in total. The highest BCUT2D eigenvalue weighted by Gasteiger charge is 2.24. The fourth-order valence-corrected chi connectivity index (χ4v) is 3.07. The second-order valence-corrected chi connectivity index (χ2v) is 6.84. The van der Waals surface area contributed by atoms with Crippen LogP contribution in [0.1, 0.15) is 40.7 Å². The van der Waals surface area contributed by atoms with Crippen molar-refractivity contribution in [2.75, 3.05) is 27.8 Å². The van der Waals surface area contributed by atoms with Gasteiger partial charge < -0.3 is 30.3 Å². The number of likely N-dealkylation sites (N-methyl/N-ethyl adjacent to an activating group) is 1. The van der Waals surface area contributed by atoms with Crippen molar-refractivity contribution < 1.29 is 29.3 Å². The Morgan fingerprint density at radius 3 is 2.29 bits per heavy atom. The molecule has 0 spiro atoms. The van der Waals surface area contributed by atoms with E-state index in [0.717, 1.165) is 0 Å². The van der Waals surface area contributed by atoms with Crippen molar-refractivity contribution in [2.24, 2.45) is 0 Å². The van der Waals surface area contributed by atoms with Crippen LogP contribution in [0.3, 0.4) is 0 Å². The second-order valence-electron chi connectivity index (χ2n) is 6.84. The molecule has 1 aromatic rings. The molecule has 3 unspecified atom stereocenters. The number of carbonyl (C=O) groups excluding carboxylic acids is 2. The average Bonchev–Trinajstić information content (AvgIpc) is 2.68. The molecular formula is C20H32N2O6. The molecule has 3 atom stereocenters. The van der Waals surface area contributed by atoms with E-state index < -0.39 is 6.10 Å². The predicted octanol–water partition coefficient (Wildman–Crippen LogP) is 1.05. The molecule has 0 saturated heterocycles. The van der Waals surface area contributed by atoms with E-state index in [1.807, 2.05) is 0 Å². The Labute approximate surface area is 166 Å². The fourth-order valence-electron chi connectivity index (χ4n) is 3.07. The van der Waals surface area contributed by atoms with Crippen LogP contribution < -0.4 is 10.6 Å². The Bertz CT molecular complexity index is 641. The van der Waals surface area contributed by atoms with E-state index >= 15 is 0 Å². The number of amides is 1. The first-order valence-electron chi connectivity index (χ1n) is 9.26. The third-order valence-electron chi connectivity index (χ3n) is 4.77. The molecule has 1 rings (SSSR count). The first kappa shape index (κ1) is 23.9. The number of phenols is 1. The normalized spacial score (nSPS) is 14.2. The summed E-state index contributed by atoms with van der Waals surface area (Å²) in [7, 11) is 4.64. The van der Waals surface area contributed by atoms with E-state index in [2.05, 4.69) is 15.4 Å². The van der Waals surface area contributed by atoms with Crippen LogP contribution in [0.25, 0.3) is 0 Å². The van der Waals surface area contributed by atoms with Gasteiger partial charge in [-0.15, -0.1) is 0 Å². The monoisotopic (exact) mass is 396 g/mol. The summed E-state index contributed by atoms with van der Waals surface area (Å²) in [5.41, 5.74) is 1.66. The lowest BCUT2D eigenvalue weighted by atomic mass is 9.99. The van der Waals surface area contributed by atoms with Gasteiger partial charge in [0.05, 0.1) is 19.3 Å². The highest BCUT2D eigenvalue weighted by Crippen LogP contribution is 2.22. The van der Waals surface area contributed by atoms with Crippen molar-refractivity contribution in [3.63, 3.8) is 0 Å². The summed E-state index contributed by atoms with van der Waals surface area (Å²) in [6.45, 7) is 3.51. The Hall–Kier alpha value is -2.16. The van der Waals surface area contributed by atoms with E-state index in [-0.39, 0.29) is 49.2 Å². The van der Waals surface area contributed by atoms with Gasteiger partial charge in [-0.25, -0.2) is 0 Å². The smallest absolute Gasteiger partial charge is 0.305 e. The number of aliphatic hydroxyl groups excluding tert-OH is 1. The van der Waals surface area contributed by atoms with Crippen LogP contribution in [0.4, 0.5) is 0 Å². The molecule has 8 heteroatoms. The van der Waals surface area contributed by atoms with Crippen LogP contribution in [-0.2, 0) is 14.3 Å². The van der Waals surface area contributed by atoms with Crippen molar-refractivity contribution in [2.45, 2.75) is 51.4 Å². The molecule has 4 N–H and O–H groups in total. The van der Waals surface area contributed by atoms with Gasteiger partial charge >= 0.3 is 5.97 Å². The summed E-state index contributed by atoms with van der Waals surface area (Å²) in [6.07, 6.45) is -0.111. The molecule has 28 heavy (non-hydrogen) atoms. The zero-order chi connectivity index (χ0) is 21.3. The van der Waals surface area contributed by atoms with Crippen molar-refractivity contribution in [3.8, 4) is 5.75 Å². The number of esters is 1. The molecule has 0 radical (unpaired) electrons. The van der Waals surface area contributed by atoms with Gasteiger partial charge in [0.2, 0.25) is 0 Å². The molecule has 0 aliphatic rings. The highest BCUT2D eigenvalue weighted by molar-refractivity contribution is 5.94. The van der Waals surface area contributed by atoms with Gasteiger partial charge in [0.1, 0.15) is 5.75 Å². The Morgan fingerprint density at radius 2 is 1.79 bits per heavy atom. The van der Waals surface area contributed by atoms with Crippen molar-refractivity contribution in [1.82, 2.24) is 10.6 Å². The molecule has 0 aliphatic heterocycles. The fraction of sp³-hybridized carbons (Fsp3) is 0.600. The van der Waals surface area contributed by atoms with Gasteiger partial charge in [-0.2, -0.15) is 0 Å². The predicted molar refractivity (Wildman–Crippen MR) is 105 cm³/mol. The highest BCUT2D eigenvalue weighted by atomic mass is 16.5. The largest absolute Gasteiger partial charge is 0.507 e. The number of nitrogens with one attached hydrogen (secondary N) is 2. The molecule has 158 valence electrons. The molecule has 0 bridgehead atoms. The van der Waals surface area contributed by atoms with Crippen LogP contribution >= 0.6 is 0 Å². The minimum atomic E-state index is -0.817. The van der Waals surface area contributed by atoms with E-state index in [0.29, 0.717) is 23.1 Å². The van der Waals surface area contributed by atoms with Gasteiger partial charge in [0, 0.05) is 38.1 Å². The molecule has 0 fully saturated rings. The Kier molecular flexibility index (Phi) is 9.92. The number of ether oxygens (including phenoxy) is 2. The van der Waals surface area contributed by atoms with Gasteiger partial charge in [-0.1, -0.05) is 0 Å². The summed E-state index contributed by atoms with van der Waals surface area (Å²) >= 11 is 0. The summed E-state index contributed by atoms with van der Waals surface area (Å²) in [5, 5.41) is 25.9. The van der Waals surface area contributed by atoms with Crippen LogP contribution in [0.2, 0.25) is 0 Å². The number of methoxy groups -OCH3 is 2. The minimum Gasteiger partial charge on any atom is -0.507 e. The summed E-state index contributed by atoms with van der Waals surface area (Å²) in [6, 6.07) is 3.06. The molecular weight excluding hydrogens is 364 g/mol. The molecule has 1 amide bonds. The standard InChI is InChI=1S/C20H32N2O6/c1-12-8-14(9-13(2)19(12)25)20(26)22-11-15(23)10-17(27-4)16(21-3)6-7-18(24)28-5/h8-9,15-17,21,23,25H,6-7,10-11H2,1-5H3,(H,22,26).